The number of carbonyl (C=O) groups excluding carboxylic acids is 1. The van der Waals surface area contributed by atoms with Crippen molar-refractivity contribution in [3.63, 3.8) is 0 Å². The van der Waals surface area contributed by atoms with Gasteiger partial charge in [0, 0.05) is 6.04 Å². The highest BCUT2D eigenvalue weighted by Gasteiger charge is 2.31. The summed E-state index contributed by atoms with van der Waals surface area (Å²) in [5.74, 6) is -0.774. The Morgan fingerprint density at radius 2 is 1.96 bits per heavy atom. The third kappa shape index (κ3) is 6.15. The monoisotopic (exact) mass is 395 g/mol. The normalized spacial score (nSPS) is 21.2. The largest absolute Gasteiger partial charge is 0.573 e. The van der Waals surface area contributed by atoms with E-state index < -0.39 is 34.6 Å². The zero-order valence-electron chi connectivity index (χ0n) is 14.0. The summed E-state index contributed by atoms with van der Waals surface area (Å²) in [6.45, 7) is 3.06. The molecule has 0 saturated carbocycles. The van der Waals surface area contributed by atoms with Crippen molar-refractivity contribution in [1.29, 1.82) is 0 Å². The van der Waals surface area contributed by atoms with Gasteiger partial charge in [-0.1, -0.05) is 6.92 Å². The fourth-order valence-corrected chi connectivity index (χ4v) is 3.53. The number of alkyl halides is 3. The van der Waals surface area contributed by atoms with E-state index in [1.807, 2.05) is 6.92 Å². The molecule has 2 atom stereocenters. The molecule has 146 valence electrons. The molecule has 1 amide bonds. The molecule has 1 saturated heterocycles. The zero-order valence-corrected chi connectivity index (χ0v) is 14.8. The maximum atomic E-state index is 12.1. The molecule has 0 radical (unpaired) electrons. The van der Waals surface area contributed by atoms with Crippen LogP contribution in [0.4, 0.5) is 13.2 Å². The number of piperidine rings is 1. The minimum atomic E-state index is -4.86. The second kappa shape index (κ2) is 8.23. The lowest BCUT2D eigenvalue weighted by Gasteiger charge is -2.30. The molecule has 7 nitrogen and oxygen atoms in total. The number of sulfonamides is 1. The van der Waals surface area contributed by atoms with Crippen LogP contribution < -0.4 is 20.1 Å². The maximum absolute atomic E-state index is 12.1. The van der Waals surface area contributed by atoms with Gasteiger partial charge in [0.05, 0.1) is 11.4 Å². The molecule has 11 heteroatoms. The molecule has 0 spiro atoms. The molecule has 1 aliphatic heterocycles. The number of carbonyl (C=O) groups is 1. The Morgan fingerprint density at radius 3 is 2.54 bits per heavy atom. The molecule has 1 heterocycles. The summed E-state index contributed by atoms with van der Waals surface area (Å²) in [5.41, 5.74) is 0. The van der Waals surface area contributed by atoms with E-state index in [0.29, 0.717) is 0 Å². The lowest BCUT2D eigenvalue weighted by atomic mass is 9.95. The molecule has 2 rings (SSSR count). The Morgan fingerprint density at radius 1 is 1.31 bits per heavy atom. The third-order valence-corrected chi connectivity index (χ3v) is 5.34. The quantitative estimate of drug-likeness (QED) is 0.667. The second-order valence-electron chi connectivity index (χ2n) is 5.99. The molecule has 3 N–H and O–H groups in total. The first kappa shape index (κ1) is 20.5. The van der Waals surface area contributed by atoms with E-state index in [2.05, 4.69) is 20.1 Å². The van der Waals surface area contributed by atoms with E-state index in [1.54, 1.807) is 0 Å². The smallest absolute Gasteiger partial charge is 0.406 e. The van der Waals surface area contributed by atoms with Crippen LogP contribution in [-0.2, 0) is 14.8 Å². The second-order valence-corrected chi connectivity index (χ2v) is 7.75. The lowest BCUT2D eigenvalue weighted by molar-refractivity contribution is -0.274. The van der Waals surface area contributed by atoms with Gasteiger partial charge in [-0.2, -0.15) is 0 Å². The fraction of sp³-hybridized carbons (Fsp3) is 0.533. The van der Waals surface area contributed by atoms with E-state index in [1.165, 1.54) is 0 Å². The van der Waals surface area contributed by atoms with Crippen LogP contribution in [0, 0.1) is 5.92 Å². The Balaban J connectivity index is 1.90. The third-order valence-electron chi connectivity index (χ3n) is 3.92. The molecule has 1 aromatic carbocycles. The Bertz CT molecular complexity index is 723. The van der Waals surface area contributed by atoms with Crippen molar-refractivity contribution in [3.05, 3.63) is 24.3 Å². The number of benzene rings is 1. The molecule has 26 heavy (non-hydrogen) atoms. The van der Waals surface area contributed by atoms with Gasteiger partial charge in [-0.15, -0.1) is 13.2 Å². The maximum Gasteiger partial charge on any atom is 0.573 e. The highest BCUT2D eigenvalue weighted by molar-refractivity contribution is 7.89. The highest BCUT2D eigenvalue weighted by Crippen LogP contribution is 2.23. The van der Waals surface area contributed by atoms with Gasteiger partial charge in [0.15, 0.2) is 0 Å². The van der Waals surface area contributed by atoms with E-state index in [-0.39, 0.29) is 16.9 Å². The number of amides is 1. The minimum Gasteiger partial charge on any atom is -0.406 e. The molecule has 1 aromatic rings. The molecular weight excluding hydrogens is 375 g/mol. The fourth-order valence-electron chi connectivity index (χ4n) is 2.55. The van der Waals surface area contributed by atoms with E-state index in [4.69, 9.17) is 0 Å². The Labute approximate surface area is 149 Å². The number of rotatable bonds is 6. The van der Waals surface area contributed by atoms with Crippen LogP contribution in [0.25, 0.3) is 0 Å². The number of hydrogen-bond acceptors (Lipinski definition) is 5. The average molecular weight is 395 g/mol. The molecule has 0 aliphatic carbocycles. The van der Waals surface area contributed by atoms with Gasteiger partial charge >= 0.3 is 6.36 Å². The standard InChI is InChI=1S/C15H20F3N3O4S/c1-10-8-19-7-6-13(10)21-14(22)9-20-26(23,24)12-4-2-11(3-5-12)25-15(16,17)18/h2-5,10,13,19-20H,6-9H2,1H3,(H,21,22). The van der Waals surface area contributed by atoms with Gasteiger partial charge in [-0.25, -0.2) is 13.1 Å². The van der Waals surface area contributed by atoms with Crippen molar-refractivity contribution in [2.24, 2.45) is 5.92 Å². The summed E-state index contributed by atoms with van der Waals surface area (Å²) in [5, 5.41) is 5.97. The topological polar surface area (TPSA) is 96.5 Å². The van der Waals surface area contributed by atoms with Crippen LogP contribution in [0.3, 0.4) is 0 Å². The summed E-state index contributed by atoms with van der Waals surface area (Å²) in [7, 11) is -4.03. The zero-order chi connectivity index (χ0) is 19.4. The SMILES string of the molecule is CC1CNCCC1NC(=O)CNS(=O)(=O)c1ccc(OC(F)(F)F)cc1. The molecular formula is C15H20F3N3O4S. The van der Waals surface area contributed by atoms with Crippen LogP contribution in [0.1, 0.15) is 13.3 Å². The van der Waals surface area contributed by atoms with Crippen molar-refractivity contribution in [3.8, 4) is 5.75 Å². The van der Waals surface area contributed by atoms with Gasteiger partial charge < -0.3 is 15.4 Å². The average Bonchev–Trinajstić information content (AvgIpc) is 2.54. The highest BCUT2D eigenvalue weighted by atomic mass is 32.2. The van der Waals surface area contributed by atoms with E-state index in [0.717, 1.165) is 43.8 Å². The van der Waals surface area contributed by atoms with Crippen molar-refractivity contribution in [2.45, 2.75) is 30.6 Å². The molecule has 1 fully saturated rings. The molecule has 2 unspecified atom stereocenters. The summed E-state index contributed by atoms with van der Waals surface area (Å²) in [6, 6.07) is 3.68. The molecule has 1 aliphatic rings. The predicted molar refractivity (Wildman–Crippen MR) is 86.9 cm³/mol. The van der Waals surface area contributed by atoms with Crippen LogP contribution in [-0.4, -0.2) is 46.4 Å². The minimum absolute atomic E-state index is 0.0351. The van der Waals surface area contributed by atoms with Crippen molar-refractivity contribution in [2.75, 3.05) is 19.6 Å². The predicted octanol–water partition coefficient (Wildman–Crippen LogP) is 0.978. The first-order valence-electron chi connectivity index (χ1n) is 7.92. The van der Waals surface area contributed by atoms with Crippen LogP contribution >= 0.6 is 0 Å². The van der Waals surface area contributed by atoms with Crippen molar-refractivity contribution < 1.29 is 31.1 Å². The van der Waals surface area contributed by atoms with Crippen molar-refractivity contribution in [1.82, 2.24) is 15.4 Å². The first-order chi connectivity index (χ1) is 12.1. The van der Waals surface area contributed by atoms with Gasteiger partial charge in [-0.3, -0.25) is 4.79 Å². The lowest BCUT2D eigenvalue weighted by Crippen LogP contribution is -2.50. The van der Waals surface area contributed by atoms with Gasteiger partial charge in [0.1, 0.15) is 5.75 Å². The Kier molecular flexibility index (Phi) is 6.48. The number of nitrogens with one attached hydrogen (secondary N) is 3. The summed E-state index contributed by atoms with van der Waals surface area (Å²) in [6.07, 6.45) is -4.11. The van der Waals surface area contributed by atoms with Gasteiger partial charge in [-0.05, 0) is 49.7 Å². The number of ether oxygens (including phenoxy) is 1. The summed E-state index contributed by atoms with van der Waals surface area (Å²) in [4.78, 5) is 11.7. The number of hydrogen-bond donors (Lipinski definition) is 3. The van der Waals surface area contributed by atoms with Crippen molar-refractivity contribution >= 4 is 15.9 Å². The molecule has 0 aromatic heterocycles. The molecule has 0 bridgehead atoms. The van der Waals surface area contributed by atoms with Gasteiger partial charge in [0.2, 0.25) is 15.9 Å². The summed E-state index contributed by atoms with van der Waals surface area (Å²) < 4.78 is 66.4. The number of halogens is 3. The van der Waals surface area contributed by atoms with Crippen LogP contribution in [0.15, 0.2) is 29.2 Å². The van der Waals surface area contributed by atoms with E-state index >= 15 is 0 Å². The van der Waals surface area contributed by atoms with E-state index in [9.17, 15) is 26.4 Å². The van der Waals surface area contributed by atoms with Crippen LogP contribution in [0.5, 0.6) is 5.75 Å². The van der Waals surface area contributed by atoms with Gasteiger partial charge in [0.25, 0.3) is 0 Å². The van der Waals surface area contributed by atoms with Crippen LogP contribution in [0.2, 0.25) is 0 Å². The first-order valence-corrected chi connectivity index (χ1v) is 9.41. The Hall–Kier alpha value is -1.85. The summed E-state index contributed by atoms with van der Waals surface area (Å²) >= 11 is 0.